The maximum atomic E-state index is 13.4. The van der Waals surface area contributed by atoms with Crippen LogP contribution < -0.4 is 0 Å². The molecule has 11 nitrogen and oxygen atoms in total. The number of piperidine rings is 1. The number of amides is 2. The SMILES string of the molecule is C/C(=C\C=C\C(C)COC(=O)N1CC2CC2C1)[C@H]1OC(=O)C[C@@H](O)CC[C@](C)(O)[C@@H](OC(=O)N2CCN(C3CCCCCC3)CC2)/C=C/[C@@H]1C. The van der Waals surface area contributed by atoms with Gasteiger partial charge in [-0.05, 0) is 69.4 Å². The number of nitrogens with zero attached hydrogens (tertiary/aromatic N) is 3. The van der Waals surface area contributed by atoms with Crippen LogP contribution in [-0.4, -0.2) is 119 Å². The van der Waals surface area contributed by atoms with E-state index >= 15 is 0 Å². The van der Waals surface area contributed by atoms with Crippen LogP contribution in [0.5, 0.6) is 0 Å². The number of likely N-dealkylation sites (tertiary alicyclic amines) is 1. The predicted molar refractivity (Wildman–Crippen MR) is 190 cm³/mol. The molecule has 8 atom stereocenters. The summed E-state index contributed by atoms with van der Waals surface area (Å²) >= 11 is 0. The van der Waals surface area contributed by atoms with Gasteiger partial charge in [-0.25, -0.2) is 9.59 Å². The second-order valence-electron chi connectivity index (χ2n) is 15.9. The van der Waals surface area contributed by atoms with E-state index in [1.165, 1.54) is 44.9 Å². The third-order valence-corrected chi connectivity index (χ3v) is 11.4. The van der Waals surface area contributed by atoms with Crippen molar-refractivity contribution in [2.75, 3.05) is 45.9 Å². The quantitative estimate of drug-likeness (QED) is 0.117. The van der Waals surface area contributed by atoms with Gasteiger partial charge in [-0.1, -0.05) is 63.8 Å². The van der Waals surface area contributed by atoms with Gasteiger partial charge in [0.05, 0.1) is 19.1 Å². The fourth-order valence-electron chi connectivity index (χ4n) is 7.92. The molecule has 0 bridgehead atoms. The van der Waals surface area contributed by atoms with Crippen molar-refractivity contribution in [3.05, 3.63) is 36.0 Å². The maximum Gasteiger partial charge on any atom is 0.410 e. The Kier molecular flexibility index (Phi) is 13.5. The Hall–Kier alpha value is -2.89. The van der Waals surface area contributed by atoms with Gasteiger partial charge in [0, 0.05) is 57.1 Å². The number of ether oxygens (including phenoxy) is 3. The van der Waals surface area contributed by atoms with Gasteiger partial charge < -0.3 is 34.2 Å². The molecule has 50 heavy (non-hydrogen) atoms. The number of allylic oxidation sites excluding steroid dienone is 2. The van der Waals surface area contributed by atoms with Crippen LogP contribution in [0, 0.1) is 23.7 Å². The number of rotatable bonds is 7. The monoisotopic (exact) mass is 699 g/mol. The predicted octanol–water partition coefficient (Wildman–Crippen LogP) is 5.46. The number of cyclic esters (lactones) is 1. The van der Waals surface area contributed by atoms with Crippen LogP contribution in [-0.2, 0) is 19.0 Å². The average molecular weight is 700 g/mol. The fourth-order valence-corrected chi connectivity index (χ4v) is 7.92. The van der Waals surface area contributed by atoms with E-state index in [0.29, 0.717) is 31.0 Å². The first-order chi connectivity index (χ1) is 23.9. The Balaban J connectivity index is 1.19. The van der Waals surface area contributed by atoms with E-state index in [9.17, 15) is 24.6 Å². The van der Waals surface area contributed by atoms with E-state index < -0.39 is 36.0 Å². The van der Waals surface area contributed by atoms with Crippen LogP contribution in [0.1, 0.15) is 91.9 Å². The first-order valence-electron chi connectivity index (χ1n) is 19.1. The molecule has 3 aliphatic heterocycles. The molecule has 5 aliphatic rings. The molecule has 0 spiro atoms. The molecular weight excluding hydrogens is 638 g/mol. The molecule has 2 aliphatic carbocycles. The smallest absolute Gasteiger partial charge is 0.410 e. The summed E-state index contributed by atoms with van der Waals surface area (Å²) < 4.78 is 17.4. The van der Waals surface area contributed by atoms with E-state index in [-0.39, 0.29) is 43.8 Å². The summed E-state index contributed by atoms with van der Waals surface area (Å²) in [6, 6.07) is 0.590. The van der Waals surface area contributed by atoms with Crippen molar-refractivity contribution in [2.24, 2.45) is 23.7 Å². The molecule has 3 heterocycles. The Morgan fingerprint density at radius 3 is 2.38 bits per heavy atom. The highest BCUT2D eigenvalue weighted by atomic mass is 16.6. The number of aliphatic hydroxyl groups excluding tert-OH is 1. The highest BCUT2D eigenvalue weighted by Crippen LogP contribution is 2.45. The molecule has 2 amide bonds. The Labute approximate surface area is 298 Å². The Morgan fingerprint density at radius 2 is 1.70 bits per heavy atom. The molecular formula is C39H61N3O8. The minimum absolute atomic E-state index is 0.0103. The van der Waals surface area contributed by atoms with Gasteiger partial charge in [0.2, 0.25) is 0 Å². The van der Waals surface area contributed by atoms with Crippen LogP contribution >= 0.6 is 0 Å². The Morgan fingerprint density at radius 1 is 1.02 bits per heavy atom. The lowest BCUT2D eigenvalue weighted by atomic mass is 9.89. The van der Waals surface area contributed by atoms with Crippen molar-refractivity contribution < 1.29 is 38.8 Å². The van der Waals surface area contributed by atoms with Crippen LogP contribution in [0.4, 0.5) is 9.59 Å². The maximum absolute atomic E-state index is 13.4. The molecule has 3 unspecified atom stereocenters. The number of carbonyl (C=O) groups is 3. The van der Waals surface area contributed by atoms with Crippen LogP contribution in [0.25, 0.3) is 0 Å². The highest BCUT2D eigenvalue weighted by Gasteiger charge is 2.47. The van der Waals surface area contributed by atoms with Crippen molar-refractivity contribution in [2.45, 2.75) is 122 Å². The average Bonchev–Trinajstić information content (AvgIpc) is 3.79. The van der Waals surface area contributed by atoms with E-state index in [2.05, 4.69) is 4.90 Å². The molecule has 5 rings (SSSR count). The van der Waals surface area contributed by atoms with Crippen molar-refractivity contribution in [3.63, 3.8) is 0 Å². The zero-order valence-corrected chi connectivity index (χ0v) is 30.7. The number of hydrogen-bond acceptors (Lipinski definition) is 9. The van der Waals surface area contributed by atoms with Gasteiger partial charge in [-0.2, -0.15) is 0 Å². The number of esters is 1. The summed E-state index contributed by atoms with van der Waals surface area (Å²) in [6.07, 6.45) is 14.8. The van der Waals surface area contributed by atoms with Crippen molar-refractivity contribution in [1.82, 2.24) is 14.7 Å². The van der Waals surface area contributed by atoms with Crippen molar-refractivity contribution in [1.29, 1.82) is 0 Å². The third-order valence-electron chi connectivity index (χ3n) is 11.4. The highest BCUT2D eigenvalue weighted by molar-refractivity contribution is 5.70. The number of aliphatic hydroxyl groups is 2. The first kappa shape index (κ1) is 38.3. The molecule has 2 saturated carbocycles. The third kappa shape index (κ3) is 10.8. The molecule has 0 radical (unpaired) electrons. The van der Waals surface area contributed by atoms with Crippen LogP contribution in [0.15, 0.2) is 36.0 Å². The minimum atomic E-state index is -1.46. The molecule has 11 heteroatoms. The van der Waals surface area contributed by atoms with Crippen LogP contribution in [0.3, 0.4) is 0 Å². The summed E-state index contributed by atoms with van der Waals surface area (Å²) in [6.45, 7) is 12.0. The van der Waals surface area contributed by atoms with E-state index in [1.807, 2.05) is 45.1 Å². The van der Waals surface area contributed by atoms with E-state index in [0.717, 1.165) is 31.8 Å². The first-order valence-corrected chi connectivity index (χ1v) is 19.1. The zero-order valence-electron chi connectivity index (χ0n) is 30.7. The fraction of sp³-hybridized carbons (Fsp3) is 0.769. The number of carbonyl (C=O) groups excluding carboxylic acids is 3. The lowest BCUT2D eigenvalue weighted by Crippen LogP contribution is -2.53. The normalized spacial score (nSPS) is 34.9. The molecule has 2 saturated heterocycles. The van der Waals surface area contributed by atoms with Crippen molar-refractivity contribution >= 4 is 18.2 Å². The molecule has 4 fully saturated rings. The van der Waals surface area contributed by atoms with E-state index in [4.69, 9.17) is 14.2 Å². The lowest BCUT2D eigenvalue weighted by Gasteiger charge is -2.40. The molecule has 0 aromatic carbocycles. The summed E-state index contributed by atoms with van der Waals surface area (Å²) in [4.78, 5) is 44.7. The molecule has 0 aromatic heterocycles. The summed E-state index contributed by atoms with van der Waals surface area (Å²) in [5, 5.41) is 22.2. The summed E-state index contributed by atoms with van der Waals surface area (Å²) in [5.74, 6) is 0.461. The number of fused-ring (bicyclic) bond motifs is 1. The second kappa shape index (κ2) is 17.6. The zero-order chi connectivity index (χ0) is 35.8. The topological polar surface area (TPSA) is 129 Å². The van der Waals surface area contributed by atoms with Gasteiger partial charge in [0.1, 0.15) is 11.7 Å². The van der Waals surface area contributed by atoms with Gasteiger partial charge in [0.25, 0.3) is 0 Å². The van der Waals surface area contributed by atoms with Crippen molar-refractivity contribution in [3.8, 4) is 0 Å². The number of piperazine rings is 1. The van der Waals surface area contributed by atoms with Gasteiger partial charge in [-0.15, -0.1) is 0 Å². The summed E-state index contributed by atoms with van der Waals surface area (Å²) in [7, 11) is 0. The number of hydrogen-bond donors (Lipinski definition) is 2. The van der Waals surface area contributed by atoms with Gasteiger partial charge in [-0.3, -0.25) is 9.69 Å². The molecule has 280 valence electrons. The minimum Gasteiger partial charge on any atom is -0.457 e. The molecule has 0 aromatic rings. The standard InChI is InChI=1S/C39H61N3O8/c1-27(26-48-37(45)42-24-30-22-31(30)25-42)10-9-11-28(2)36-29(3)14-15-34(39(4,47)17-16-33(43)23-35(44)50-36)49-38(46)41-20-18-40(19-21-41)32-12-7-5-6-8-13-32/h9-11,14-15,27,29-34,36,43,47H,5-8,12-13,16-26H2,1-4H3/b10-9+,15-14+,28-11+/t27?,29-,30?,31?,33-,34-,36+,39-/m0/s1. The largest absolute Gasteiger partial charge is 0.457 e. The van der Waals surface area contributed by atoms with Gasteiger partial charge >= 0.3 is 18.2 Å². The van der Waals surface area contributed by atoms with Gasteiger partial charge in [0.15, 0.2) is 6.10 Å². The lowest BCUT2D eigenvalue weighted by molar-refractivity contribution is -0.151. The van der Waals surface area contributed by atoms with E-state index in [1.54, 1.807) is 22.8 Å². The molecule has 2 N–H and O–H groups in total. The Bertz CT molecular complexity index is 1240. The van der Waals surface area contributed by atoms with Crippen LogP contribution in [0.2, 0.25) is 0 Å². The second-order valence-corrected chi connectivity index (χ2v) is 15.9. The summed E-state index contributed by atoms with van der Waals surface area (Å²) in [5.41, 5.74) is -0.679.